The van der Waals surface area contributed by atoms with E-state index in [1.807, 2.05) is 31.7 Å². The predicted octanol–water partition coefficient (Wildman–Crippen LogP) is 4.89. The third kappa shape index (κ3) is 3.31. The lowest BCUT2D eigenvalue weighted by Crippen LogP contribution is -2.52. The van der Waals surface area contributed by atoms with Crippen molar-refractivity contribution >= 4 is 29.0 Å². The number of aliphatic hydroxyl groups is 1. The molecule has 2 aliphatic rings. The minimum absolute atomic E-state index is 0.0320. The van der Waals surface area contributed by atoms with Crippen molar-refractivity contribution in [3.8, 4) is 0 Å². The van der Waals surface area contributed by atoms with Gasteiger partial charge in [0.05, 0.1) is 10.4 Å². The number of fused-ring (bicyclic) bond motifs is 2. The van der Waals surface area contributed by atoms with E-state index in [2.05, 4.69) is 6.92 Å². The summed E-state index contributed by atoms with van der Waals surface area (Å²) in [4.78, 5) is 15.5. The van der Waals surface area contributed by atoms with Gasteiger partial charge in [0, 0.05) is 22.9 Å². The molecule has 2 unspecified atom stereocenters. The number of thiophene rings is 1. The molecule has 3 rings (SSSR count). The van der Waals surface area contributed by atoms with Gasteiger partial charge in [-0.2, -0.15) is 0 Å². The van der Waals surface area contributed by atoms with E-state index in [-0.39, 0.29) is 17.6 Å². The second kappa shape index (κ2) is 6.19. The molecule has 0 radical (unpaired) electrons. The van der Waals surface area contributed by atoms with Gasteiger partial charge in [0.2, 0.25) is 0 Å². The van der Waals surface area contributed by atoms with Crippen LogP contribution in [0.1, 0.15) is 69.9 Å². The van der Waals surface area contributed by atoms with Crippen molar-refractivity contribution in [1.82, 2.24) is 4.90 Å². The van der Waals surface area contributed by atoms with Gasteiger partial charge >= 0.3 is 6.09 Å². The molecule has 1 aromatic heterocycles. The fourth-order valence-electron chi connectivity index (χ4n) is 4.08. The summed E-state index contributed by atoms with van der Waals surface area (Å²) in [6.07, 6.45) is 2.86. The van der Waals surface area contributed by atoms with Gasteiger partial charge in [0.1, 0.15) is 5.60 Å². The van der Waals surface area contributed by atoms with Gasteiger partial charge < -0.3 is 14.7 Å². The molecule has 3 atom stereocenters. The van der Waals surface area contributed by atoms with Gasteiger partial charge in [-0.1, -0.05) is 11.6 Å². The molecule has 6 heteroatoms. The van der Waals surface area contributed by atoms with Crippen LogP contribution in [0.3, 0.4) is 0 Å². The van der Waals surface area contributed by atoms with Crippen LogP contribution in [0.5, 0.6) is 0 Å². The molecule has 2 heterocycles. The Morgan fingerprint density at radius 2 is 2.17 bits per heavy atom. The first kappa shape index (κ1) is 18.0. The molecule has 0 aromatic carbocycles. The second-order valence-electron chi connectivity index (χ2n) is 8.15. The molecule has 1 amide bonds. The lowest BCUT2D eigenvalue weighted by Gasteiger charge is -2.48. The minimum atomic E-state index is -0.477. The largest absolute Gasteiger partial charge is 0.444 e. The van der Waals surface area contributed by atoms with E-state index in [0.717, 1.165) is 35.6 Å². The number of rotatable bonds is 0. The van der Waals surface area contributed by atoms with Crippen molar-refractivity contribution in [3.63, 3.8) is 0 Å². The minimum Gasteiger partial charge on any atom is -0.444 e. The SMILES string of the molecule is CC1CC2(CC[C@@H](O)c3cc(Cl)sc32)CCN1C(=O)OC(C)(C)C. The van der Waals surface area contributed by atoms with Gasteiger partial charge in [0.15, 0.2) is 0 Å². The number of aliphatic hydroxyl groups excluding tert-OH is 1. The summed E-state index contributed by atoms with van der Waals surface area (Å²) >= 11 is 7.82. The summed E-state index contributed by atoms with van der Waals surface area (Å²) in [5.74, 6) is 0. The molecule has 0 bridgehead atoms. The number of amides is 1. The molecule has 1 saturated heterocycles. The first-order chi connectivity index (χ1) is 11.1. The third-order valence-corrected chi connectivity index (χ3v) is 6.67. The Balaban J connectivity index is 1.80. The number of likely N-dealkylation sites (tertiary alicyclic amines) is 1. The first-order valence-corrected chi connectivity index (χ1v) is 9.78. The Morgan fingerprint density at radius 3 is 2.79 bits per heavy atom. The number of carbonyl (C=O) groups excluding carboxylic acids is 1. The number of halogens is 1. The Labute approximate surface area is 152 Å². The number of piperidine rings is 1. The lowest BCUT2D eigenvalue weighted by molar-refractivity contribution is 0.000578. The zero-order valence-electron chi connectivity index (χ0n) is 14.8. The van der Waals surface area contributed by atoms with Gasteiger partial charge in [-0.3, -0.25) is 0 Å². The molecule has 4 nitrogen and oxygen atoms in total. The normalized spacial score (nSPS) is 30.3. The molecule has 1 fully saturated rings. The molecule has 134 valence electrons. The zero-order valence-corrected chi connectivity index (χ0v) is 16.3. The number of carbonyl (C=O) groups is 1. The average Bonchev–Trinajstić information content (AvgIpc) is 2.85. The maximum absolute atomic E-state index is 12.4. The van der Waals surface area contributed by atoms with Crippen LogP contribution in [-0.4, -0.2) is 34.3 Å². The van der Waals surface area contributed by atoms with Crippen molar-refractivity contribution in [2.75, 3.05) is 6.54 Å². The summed E-state index contributed by atoms with van der Waals surface area (Å²) in [5.41, 5.74) is 0.550. The predicted molar refractivity (Wildman–Crippen MR) is 96.8 cm³/mol. The van der Waals surface area contributed by atoms with E-state index >= 15 is 0 Å². The number of nitrogens with zero attached hydrogens (tertiary/aromatic N) is 1. The van der Waals surface area contributed by atoms with Gasteiger partial charge in [-0.25, -0.2) is 4.79 Å². The summed E-state index contributed by atoms with van der Waals surface area (Å²) in [5, 5.41) is 10.3. The molecular weight excluding hydrogens is 346 g/mol. The van der Waals surface area contributed by atoms with Crippen molar-refractivity contribution in [2.24, 2.45) is 0 Å². The Morgan fingerprint density at radius 1 is 1.46 bits per heavy atom. The highest BCUT2D eigenvalue weighted by Gasteiger charge is 2.46. The van der Waals surface area contributed by atoms with E-state index in [0.29, 0.717) is 6.54 Å². The Hall–Kier alpha value is -0.780. The summed E-state index contributed by atoms with van der Waals surface area (Å²) in [7, 11) is 0. The van der Waals surface area contributed by atoms with Gasteiger partial charge in [0.25, 0.3) is 0 Å². The average molecular weight is 372 g/mol. The molecule has 1 aromatic rings. The van der Waals surface area contributed by atoms with Crippen LogP contribution in [0.25, 0.3) is 0 Å². The highest BCUT2D eigenvalue weighted by molar-refractivity contribution is 7.16. The van der Waals surface area contributed by atoms with Gasteiger partial charge in [-0.05, 0) is 65.0 Å². The fourth-order valence-corrected chi connectivity index (χ4v) is 5.62. The van der Waals surface area contributed by atoms with Crippen LogP contribution in [0, 0.1) is 0 Å². The van der Waals surface area contributed by atoms with Crippen molar-refractivity contribution in [1.29, 1.82) is 0 Å². The molecule has 1 N–H and O–H groups in total. The molecule has 24 heavy (non-hydrogen) atoms. The Bertz CT molecular complexity index is 639. The highest BCUT2D eigenvalue weighted by atomic mass is 35.5. The standard InChI is InChI=1S/C18H26ClNO3S/c1-11-10-18(7-8-20(11)16(22)23-17(2,3)4)6-5-13(21)12-9-14(19)24-15(12)18/h9,11,13,21H,5-8,10H2,1-4H3/t11?,13-,18?/m1/s1. The number of hydrogen-bond donors (Lipinski definition) is 1. The highest BCUT2D eigenvalue weighted by Crippen LogP contribution is 2.53. The second-order valence-corrected chi connectivity index (χ2v) is 9.83. The van der Waals surface area contributed by atoms with E-state index in [1.54, 1.807) is 11.3 Å². The van der Waals surface area contributed by atoms with E-state index < -0.39 is 11.7 Å². The molecule has 1 aliphatic carbocycles. The van der Waals surface area contributed by atoms with Crippen LogP contribution in [0.4, 0.5) is 4.79 Å². The van der Waals surface area contributed by atoms with Crippen molar-refractivity contribution in [3.05, 3.63) is 20.8 Å². The Kier molecular flexibility index (Phi) is 4.65. The van der Waals surface area contributed by atoms with Crippen LogP contribution >= 0.6 is 22.9 Å². The third-order valence-electron chi connectivity index (χ3n) is 5.15. The molecule has 1 aliphatic heterocycles. The summed E-state index contributed by atoms with van der Waals surface area (Å²) in [6, 6.07) is 2.02. The van der Waals surface area contributed by atoms with Crippen LogP contribution in [-0.2, 0) is 10.2 Å². The maximum Gasteiger partial charge on any atom is 0.410 e. The lowest BCUT2D eigenvalue weighted by atomic mass is 9.66. The molecule has 0 saturated carbocycles. The molecular formula is C18H26ClNO3S. The van der Waals surface area contributed by atoms with Crippen LogP contribution < -0.4 is 0 Å². The topological polar surface area (TPSA) is 49.8 Å². The summed E-state index contributed by atoms with van der Waals surface area (Å²) < 4.78 is 6.28. The van der Waals surface area contributed by atoms with E-state index in [4.69, 9.17) is 16.3 Å². The molecule has 1 spiro atoms. The quantitative estimate of drug-likeness (QED) is 0.706. The summed E-state index contributed by atoms with van der Waals surface area (Å²) in [6.45, 7) is 8.45. The fraction of sp³-hybridized carbons (Fsp3) is 0.722. The van der Waals surface area contributed by atoms with E-state index in [1.165, 1.54) is 4.88 Å². The van der Waals surface area contributed by atoms with Crippen LogP contribution in [0.15, 0.2) is 6.07 Å². The maximum atomic E-state index is 12.4. The zero-order chi connectivity index (χ0) is 17.7. The monoisotopic (exact) mass is 371 g/mol. The van der Waals surface area contributed by atoms with Crippen molar-refractivity contribution < 1.29 is 14.6 Å². The number of hydrogen-bond acceptors (Lipinski definition) is 4. The first-order valence-electron chi connectivity index (χ1n) is 8.59. The number of ether oxygens (including phenoxy) is 1. The van der Waals surface area contributed by atoms with E-state index in [9.17, 15) is 9.90 Å². The van der Waals surface area contributed by atoms with Crippen molar-refractivity contribution in [2.45, 2.75) is 76.5 Å². The smallest absolute Gasteiger partial charge is 0.410 e. The van der Waals surface area contributed by atoms with Gasteiger partial charge in [-0.15, -0.1) is 11.3 Å². The van der Waals surface area contributed by atoms with Crippen LogP contribution in [0.2, 0.25) is 4.34 Å².